The van der Waals surface area contributed by atoms with E-state index in [0.29, 0.717) is 11.8 Å². The van der Waals surface area contributed by atoms with E-state index >= 15 is 0 Å². The van der Waals surface area contributed by atoms with Gasteiger partial charge >= 0.3 is 12.2 Å². The zero-order valence-electron chi connectivity index (χ0n) is 20.1. The molecule has 2 rings (SSSR count). The summed E-state index contributed by atoms with van der Waals surface area (Å²) in [4.78, 5) is 43.5. The molecule has 0 unspecified atom stereocenters. The molecule has 2 amide bonds. The number of nitrogens with one attached hydrogen (secondary N) is 2. The van der Waals surface area contributed by atoms with Crippen molar-refractivity contribution in [2.24, 2.45) is 11.8 Å². The smallest absolute Gasteiger partial charge is 0.316 e. The Hall–Kier alpha value is -1.54. The van der Waals surface area contributed by atoms with Gasteiger partial charge in [-0.05, 0) is 111 Å². The lowest BCUT2D eigenvalue weighted by Gasteiger charge is -2.34. The number of rotatable bonds is 6. The van der Waals surface area contributed by atoms with Gasteiger partial charge in [0.25, 0.3) is 0 Å². The quantitative estimate of drug-likeness (QED) is 0.422. The minimum absolute atomic E-state index is 0.161. The Bertz CT molecular complexity index is 518. The Morgan fingerprint density at radius 1 is 0.645 bits per heavy atom. The van der Waals surface area contributed by atoms with Crippen LogP contribution in [0.5, 0.6) is 0 Å². The lowest BCUT2D eigenvalue weighted by molar-refractivity contribution is -0.300. The zero-order chi connectivity index (χ0) is 23.1. The number of carbonyl (C=O) groups excluding carboxylic acids is 2. The molecule has 2 fully saturated rings. The molecule has 0 radical (unpaired) electrons. The fourth-order valence-electron chi connectivity index (χ4n) is 4.26. The Kier molecular flexibility index (Phi) is 9.43. The number of amides is 2. The predicted molar refractivity (Wildman–Crippen MR) is 117 cm³/mol. The van der Waals surface area contributed by atoms with Crippen molar-refractivity contribution in [2.75, 3.05) is 0 Å². The third-order valence-electron chi connectivity index (χ3n) is 5.74. The lowest BCUT2D eigenvalue weighted by Crippen LogP contribution is -2.40. The predicted octanol–water partition coefficient (Wildman–Crippen LogP) is 5.41. The van der Waals surface area contributed by atoms with Crippen LogP contribution in [0, 0.1) is 11.8 Å². The average molecular weight is 443 g/mol. The van der Waals surface area contributed by atoms with E-state index < -0.39 is 23.4 Å². The molecule has 8 nitrogen and oxygen atoms in total. The Morgan fingerprint density at radius 2 is 0.968 bits per heavy atom. The minimum Gasteiger partial charge on any atom is -0.316 e. The molecular weight excluding hydrogens is 400 g/mol. The number of hydrogen-bond donors (Lipinski definition) is 2. The van der Waals surface area contributed by atoms with E-state index in [4.69, 9.17) is 19.6 Å². The topological polar surface area (TPSA) is 95.1 Å². The van der Waals surface area contributed by atoms with Crippen LogP contribution < -0.4 is 10.6 Å². The van der Waals surface area contributed by atoms with Gasteiger partial charge in [-0.1, -0.05) is 0 Å². The van der Waals surface area contributed by atoms with Gasteiger partial charge < -0.3 is 10.6 Å². The van der Waals surface area contributed by atoms with Crippen LogP contribution in [0.15, 0.2) is 0 Å². The van der Waals surface area contributed by atoms with Crippen LogP contribution in [-0.4, -0.2) is 35.5 Å². The van der Waals surface area contributed by atoms with E-state index in [1.807, 2.05) is 41.5 Å². The first-order valence-electron chi connectivity index (χ1n) is 11.7. The van der Waals surface area contributed by atoms with Crippen molar-refractivity contribution in [2.45, 2.75) is 123 Å². The maximum Gasteiger partial charge on any atom is 0.438 e. The van der Waals surface area contributed by atoms with Crippen molar-refractivity contribution >= 4 is 12.2 Å². The van der Waals surface area contributed by atoms with Gasteiger partial charge in [-0.3, -0.25) is 9.78 Å². The molecule has 0 aromatic rings. The monoisotopic (exact) mass is 442 g/mol. The van der Waals surface area contributed by atoms with Gasteiger partial charge in [-0.15, -0.1) is 0 Å². The average Bonchev–Trinajstić information content (AvgIpc) is 2.67. The highest BCUT2D eigenvalue weighted by atomic mass is 17.2. The molecule has 0 aromatic carbocycles. The van der Waals surface area contributed by atoms with E-state index in [0.717, 1.165) is 51.4 Å². The number of hydrogen-bond acceptors (Lipinski definition) is 6. The summed E-state index contributed by atoms with van der Waals surface area (Å²) >= 11 is 0. The maximum absolute atomic E-state index is 11.8. The van der Waals surface area contributed by atoms with Crippen LogP contribution in [0.3, 0.4) is 0 Å². The van der Waals surface area contributed by atoms with Crippen molar-refractivity contribution < 1.29 is 29.1 Å². The zero-order valence-corrected chi connectivity index (χ0v) is 20.1. The fraction of sp³-hybridized carbons (Fsp3) is 0.913. The maximum atomic E-state index is 11.8. The lowest BCUT2D eigenvalue weighted by atomic mass is 9.76. The van der Waals surface area contributed by atoms with Crippen molar-refractivity contribution in [1.29, 1.82) is 0 Å². The third-order valence-corrected chi connectivity index (χ3v) is 5.74. The first-order chi connectivity index (χ1) is 14.4. The molecule has 0 aromatic heterocycles. The van der Waals surface area contributed by atoms with Crippen LogP contribution in [0.1, 0.15) is 99.3 Å². The van der Waals surface area contributed by atoms with Gasteiger partial charge in [0.05, 0.1) is 0 Å². The molecular formula is C23H42N2O6. The summed E-state index contributed by atoms with van der Waals surface area (Å²) in [5, 5.41) is 5.82. The van der Waals surface area contributed by atoms with Crippen LogP contribution in [0.2, 0.25) is 0 Å². The van der Waals surface area contributed by atoms with Gasteiger partial charge in [0, 0.05) is 12.1 Å². The van der Waals surface area contributed by atoms with Gasteiger partial charge in [0.15, 0.2) is 0 Å². The molecule has 2 aliphatic carbocycles. The first kappa shape index (κ1) is 25.7. The van der Waals surface area contributed by atoms with Crippen molar-refractivity contribution in [3.63, 3.8) is 0 Å². The molecule has 31 heavy (non-hydrogen) atoms. The van der Waals surface area contributed by atoms with Gasteiger partial charge in [0.2, 0.25) is 0 Å². The van der Waals surface area contributed by atoms with E-state index in [2.05, 4.69) is 10.6 Å². The normalized spacial score (nSPS) is 27.3. The highest BCUT2D eigenvalue weighted by molar-refractivity contribution is 5.67. The Morgan fingerprint density at radius 3 is 1.26 bits per heavy atom. The second-order valence-corrected chi connectivity index (χ2v) is 11.1. The summed E-state index contributed by atoms with van der Waals surface area (Å²) in [5.74, 6) is 1.42. The standard InChI is InChI=1S/C23H42N2O6/c1-22(2,3)30-28-20(26)24-18-11-7-16(8-12-18)15-17-9-13-19(14-10-17)25-21(27)29-31-23(4,5)6/h16-19H,7-15H2,1-6H3,(H,24,26)(H,25,27). The second kappa shape index (κ2) is 11.4. The minimum atomic E-state index is -0.510. The molecule has 2 aliphatic rings. The van der Waals surface area contributed by atoms with Crippen molar-refractivity contribution in [3.8, 4) is 0 Å². The Balaban J connectivity index is 1.58. The van der Waals surface area contributed by atoms with Crippen LogP contribution in [-0.2, 0) is 19.6 Å². The van der Waals surface area contributed by atoms with Crippen LogP contribution in [0.25, 0.3) is 0 Å². The summed E-state index contributed by atoms with van der Waals surface area (Å²) in [5.41, 5.74) is -1.02. The fourth-order valence-corrected chi connectivity index (χ4v) is 4.26. The molecule has 0 atom stereocenters. The molecule has 2 N–H and O–H groups in total. The second-order valence-electron chi connectivity index (χ2n) is 11.1. The molecule has 180 valence electrons. The summed E-state index contributed by atoms with van der Waals surface area (Å²) < 4.78 is 0. The molecule has 0 saturated heterocycles. The molecule has 0 heterocycles. The molecule has 8 heteroatoms. The van der Waals surface area contributed by atoms with Crippen molar-refractivity contribution in [1.82, 2.24) is 10.6 Å². The number of carbonyl (C=O) groups is 2. The summed E-state index contributed by atoms with van der Waals surface area (Å²) in [6.45, 7) is 11.0. The summed E-state index contributed by atoms with van der Waals surface area (Å²) in [7, 11) is 0. The largest absolute Gasteiger partial charge is 0.438 e. The van der Waals surface area contributed by atoms with E-state index in [9.17, 15) is 9.59 Å². The van der Waals surface area contributed by atoms with Gasteiger partial charge in [0.1, 0.15) is 11.2 Å². The van der Waals surface area contributed by atoms with E-state index in [-0.39, 0.29) is 12.1 Å². The van der Waals surface area contributed by atoms with Gasteiger partial charge in [-0.25, -0.2) is 9.59 Å². The van der Waals surface area contributed by atoms with E-state index in [1.165, 1.54) is 6.42 Å². The summed E-state index contributed by atoms with van der Waals surface area (Å²) in [6, 6.07) is 0.321. The molecule has 0 spiro atoms. The summed E-state index contributed by atoms with van der Waals surface area (Å²) in [6.07, 6.45) is 8.63. The SMILES string of the molecule is CC(C)(C)OOC(=O)NC1CCC(CC2CCC(NC(=O)OOC(C)(C)C)CC2)CC1. The van der Waals surface area contributed by atoms with Crippen LogP contribution >= 0.6 is 0 Å². The Labute approximate surface area is 186 Å². The third kappa shape index (κ3) is 11.1. The first-order valence-corrected chi connectivity index (χ1v) is 11.7. The van der Waals surface area contributed by atoms with Crippen molar-refractivity contribution in [3.05, 3.63) is 0 Å². The highest BCUT2D eigenvalue weighted by Crippen LogP contribution is 2.35. The van der Waals surface area contributed by atoms with Crippen LogP contribution in [0.4, 0.5) is 9.59 Å². The van der Waals surface area contributed by atoms with E-state index in [1.54, 1.807) is 0 Å². The molecule has 2 saturated carbocycles. The highest BCUT2D eigenvalue weighted by Gasteiger charge is 2.29. The molecule has 0 aliphatic heterocycles. The molecule has 0 bridgehead atoms. The van der Waals surface area contributed by atoms with Gasteiger partial charge in [-0.2, -0.15) is 9.78 Å².